The van der Waals surface area contributed by atoms with Gasteiger partial charge in [-0.3, -0.25) is 4.79 Å². The lowest BCUT2D eigenvalue weighted by Crippen LogP contribution is -2.28. The van der Waals surface area contributed by atoms with E-state index in [1.807, 2.05) is 24.3 Å². The summed E-state index contributed by atoms with van der Waals surface area (Å²) in [4.78, 5) is 12.9. The van der Waals surface area contributed by atoms with Gasteiger partial charge in [0.25, 0.3) is 0 Å². The van der Waals surface area contributed by atoms with Crippen molar-refractivity contribution in [3.63, 3.8) is 0 Å². The predicted octanol–water partition coefficient (Wildman–Crippen LogP) is 4.68. The minimum absolute atomic E-state index is 0.187. The molecule has 1 N–H and O–H groups in total. The fourth-order valence-corrected chi connectivity index (χ4v) is 2.86. The van der Waals surface area contributed by atoms with Crippen LogP contribution in [0.15, 0.2) is 53.4 Å². The van der Waals surface area contributed by atoms with Crippen molar-refractivity contribution in [3.05, 3.63) is 59.7 Å². The van der Waals surface area contributed by atoms with E-state index in [2.05, 4.69) is 5.32 Å². The molecule has 25 heavy (non-hydrogen) atoms. The molecule has 2 rings (SSSR count). The van der Waals surface area contributed by atoms with Crippen molar-refractivity contribution in [2.45, 2.75) is 24.0 Å². The van der Waals surface area contributed by atoms with Gasteiger partial charge < -0.3 is 10.1 Å². The lowest BCUT2D eigenvalue weighted by molar-refractivity contribution is -0.137. The molecule has 0 aliphatic heterocycles. The topological polar surface area (TPSA) is 38.3 Å². The summed E-state index contributed by atoms with van der Waals surface area (Å²) in [6.07, 6.45) is -4.36. The SMILES string of the molecule is COc1ccc(SCC(=O)NC(C)c2ccc(C(F)(F)F)cc2)cc1. The molecule has 0 radical (unpaired) electrons. The second-order valence-electron chi connectivity index (χ2n) is 5.37. The van der Waals surface area contributed by atoms with Crippen LogP contribution in [0.3, 0.4) is 0 Å². The molecule has 0 heterocycles. The first kappa shape index (κ1) is 19.2. The number of carbonyl (C=O) groups excluding carboxylic acids is 1. The first-order chi connectivity index (χ1) is 11.8. The van der Waals surface area contributed by atoms with Gasteiger partial charge in [-0.05, 0) is 48.9 Å². The van der Waals surface area contributed by atoms with Crippen LogP contribution in [0.1, 0.15) is 24.1 Å². The van der Waals surface area contributed by atoms with Gasteiger partial charge in [0, 0.05) is 4.90 Å². The Morgan fingerprint density at radius 1 is 1.12 bits per heavy atom. The summed E-state index contributed by atoms with van der Waals surface area (Å²) in [5, 5.41) is 2.78. The van der Waals surface area contributed by atoms with E-state index in [1.54, 1.807) is 14.0 Å². The summed E-state index contributed by atoms with van der Waals surface area (Å²) in [5.74, 6) is 0.773. The number of thioether (sulfide) groups is 1. The predicted molar refractivity (Wildman–Crippen MR) is 91.7 cm³/mol. The second-order valence-corrected chi connectivity index (χ2v) is 6.42. The Bertz CT molecular complexity index is 700. The lowest BCUT2D eigenvalue weighted by Gasteiger charge is -2.15. The number of alkyl halides is 3. The Balaban J connectivity index is 1.86. The fraction of sp³-hybridized carbons (Fsp3) is 0.278. The zero-order valence-electron chi connectivity index (χ0n) is 13.8. The molecule has 0 fully saturated rings. The molecule has 1 unspecified atom stereocenters. The van der Waals surface area contributed by atoms with E-state index in [0.29, 0.717) is 5.56 Å². The third-order valence-electron chi connectivity index (χ3n) is 3.54. The van der Waals surface area contributed by atoms with Gasteiger partial charge in [0.2, 0.25) is 5.91 Å². The van der Waals surface area contributed by atoms with Crippen LogP contribution in [-0.4, -0.2) is 18.8 Å². The van der Waals surface area contributed by atoms with E-state index in [-0.39, 0.29) is 17.7 Å². The molecule has 0 aliphatic carbocycles. The Morgan fingerprint density at radius 3 is 2.24 bits per heavy atom. The van der Waals surface area contributed by atoms with Crippen LogP contribution in [-0.2, 0) is 11.0 Å². The Labute approximate surface area is 148 Å². The van der Waals surface area contributed by atoms with Gasteiger partial charge in [0.05, 0.1) is 24.5 Å². The third kappa shape index (κ3) is 5.70. The average molecular weight is 369 g/mol. The minimum atomic E-state index is -4.36. The molecule has 0 aliphatic rings. The number of ether oxygens (including phenoxy) is 1. The van der Waals surface area contributed by atoms with Crippen molar-refractivity contribution in [2.75, 3.05) is 12.9 Å². The molecular formula is C18H18F3NO2S. The number of amides is 1. The number of benzene rings is 2. The molecule has 134 valence electrons. The van der Waals surface area contributed by atoms with Crippen LogP contribution >= 0.6 is 11.8 Å². The van der Waals surface area contributed by atoms with Crippen molar-refractivity contribution >= 4 is 17.7 Å². The maximum Gasteiger partial charge on any atom is 0.416 e. The Morgan fingerprint density at radius 2 is 1.72 bits per heavy atom. The summed E-state index contributed by atoms with van der Waals surface area (Å²) in [6.45, 7) is 1.73. The molecule has 1 amide bonds. The van der Waals surface area contributed by atoms with E-state index in [1.165, 1.54) is 23.9 Å². The average Bonchev–Trinajstić information content (AvgIpc) is 2.59. The molecule has 0 spiro atoms. The molecule has 0 bridgehead atoms. The molecule has 0 aromatic heterocycles. The van der Waals surface area contributed by atoms with Gasteiger partial charge in [-0.1, -0.05) is 12.1 Å². The highest BCUT2D eigenvalue weighted by Gasteiger charge is 2.30. The Kier molecular flexibility index (Phi) is 6.36. The molecule has 1 atom stereocenters. The van der Waals surface area contributed by atoms with Gasteiger partial charge >= 0.3 is 6.18 Å². The third-order valence-corrected chi connectivity index (χ3v) is 4.56. The van der Waals surface area contributed by atoms with Crippen molar-refractivity contribution in [3.8, 4) is 5.75 Å². The smallest absolute Gasteiger partial charge is 0.416 e. The maximum absolute atomic E-state index is 12.6. The van der Waals surface area contributed by atoms with Crippen LogP contribution in [0, 0.1) is 0 Å². The number of halogens is 3. The zero-order chi connectivity index (χ0) is 18.4. The molecule has 2 aromatic carbocycles. The number of hydrogen-bond acceptors (Lipinski definition) is 3. The van der Waals surface area contributed by atoms with Gasteiger partial charge in [-0.15, -0.1) is 11.8 Å². The van der Waals surface area contributed by atoms with Crippen molar-refractivity contribution < 1.29 is 22.7 Å². The number of rotatable bonds is 6. The fourth-order valence-electron chi connectivity index (χ4n) is 2.15. The van der Waals surface area contributed by atoms with E-state index in [0.717, 1.165) is 22.8 Å². The number of nitrogens with one attached hydrogen (secondary N) is 1. The summed E-state index contributed by atoms with van der Waals surface area (Å²) in [7, 11) is 1.58. The molecule has 0 saturated heterocycles. The largest absolute Gasteiger partial charge is 0.497 e. The van der Waals surface area contributed by atoms with Crippen LogP contribution in [0.2, 0.25) is 0 Å². The summed E-state index contributed by atoms with van der Waals surface area (Å²) in [5.41, 5.74) is -0.0827. The highest BCUT2D eigenvalue weighted by atomic mass is 32.2. The van der Waals surface area contributed by atoms with Gasteiger partial charge in [-0.2, -0.15) is 13.2 Å². The van der Waals surface area contributed by atoms with E-state index in [9.17, 15) is 18.0 Å². The normalized spacial score (nSPS) is 12.5. The van der Waals surface area contributed by atoms with Crippen LogP contribution in [0.25, 0.3) is 0 Å². The minimum Gasteiger partial charge on any atom is -0.497 e. The van der Waals surface area contributed by atoms with Gasteiger partial charge in [0.1, 0.15) is 5.75 Å². The number of hydrogen-bond donors (Lipinski definition) is 1. The van der Waals surface area contributed by atoms with Crippen LogP contribution in [0.5, 0.6) is 5.75 Å². The lowest BCUT2D eigenvalue weighted by atomic mass is 10.1. The highest BCUT2D eigenvalue weighted by molar-refractivity contribution is 8.00. The highest BCUT2D eigenvalue weighted by Crippen LogP contribution is 2.30. The first-order valence-corrected chi connectivity index (χ1v) is 8.51. The molecule has 3 nitrogen and oxygen atoms in total. The van der Waals surface area contributed by atoms with E-state index in [4.69, 9.17) is 4.74 Å². The van der Waals surface area contributed by atoms with Crippen molar-refractivity contribution in [2.24, 2.45) is 0 Å². The first-order valence-electron chi connectivity index (χ1n) is 7.53. The molecule has 7 heteroatoms. The number of carbonyl (C=O) groups is 1. The van der Waals surface area contributed by atoms with Crippen LogP contribution < -0.4 is 10.1 Å². The van der Waals surface area contributed by atoms with E-state index >= 15 is 0 Å². The summed E-state index contributed by atoms with van der Waals surface area (Å²) in [6, 6.07) is 11.8. The second kappa shape index (κ2) is 8.29. The van der Waals surface area contributed by atoms with E-state index < -0.39 is 11.7 Å². The van der Waals surface area contributed by atoms with Gasteiger partial charge in [-0.25, -0.2) is 0 Å². The molecule has 0 saturated carbocycles. The quantitative estimate of drug-likeness (QED) is 0.751. The maximum atomic E-state index is 12.6. The summed E-state index contributed by atoms with van der Waals surface area (Å²) < 4.78 is 42.7. The molecular weight excluding hydrogens is 351 g/mol. The monoisotopic (exact) mass is 369 g/mol. The zero-order valence-corrected chi connectivity index (χ0v) is 14.6. The van der Waals surface area contributed by atoms with Crippen LogP contribution in [0.4, 0.5) is 13.2 Å². The summed E-state index contributed by atoms with van der Waals surface area (Å²) >= 11 is 1.37. The standard InChI is InChI=1S/C18H18F3NO2S/c1-12(13-3-5-14(6-4-13)18(19,20)21)22-17(23)11-25-16-9-7-15(24-2)8-10-16/h3-10,12H,11H2,1-2H3,(H,22,23). The Hall–Kier alpha value is -2.15. The van der Waals surface area contributed by atoms with Crippen molar-refractivity contribution in [1.29, 1.82) is 0 Å². The molecule has 2 aromatic rings. The number of methoxy groups -OCH3 is 1. The van der Waals surface area contributed by atoms with Gasteiger partial charge in [0.15, 0.2) is 0 Å². The van der Waals surface area contributed by atoms with Crippen molar-refractivity contribution in [1.82, 2.24) is 5.32 Å².